The van der Waals surface area contributed by atoms with Crippen molar-refractivity contribution >= 4 is 23.7 Å². The van der Waals surface area contributed by atoms with Gasteiger partial charge in [-0.2, -0.15) is 16.3 Å². The average Bonchev–Trinajstić information content (AvgIpc) is 3.11. The van der Waals surface area contributed by atoms with Gasteiger partial charge in [-0.05, 0) is 36.4 Å². The zero-order valence-electron chi connectivity index (χ0n) is 11.4. The Balaban J connectivity index is 0.00000147. The maximum Gasteiger partial charge on any atom is 0.241 e. The minimum absolute atomic E-state index is 0. The third-order valence-electron chi connectivity index (χ3n) is 3.74. The molecular formula is C13H19ClN4OS. The van der Waals surface area contributed by atoms with Crippen molar-refractivity contribution in [2.75, 3.05) is 19.6 Å². The fourth-order valence-corrected chi connectivity index (χ4v) is 3.08. The second-order valence-electron chi connectivity index (χ2n) is 5.50. The Morgan fingerprint density at radius 1 is 1.55 bits per heavy atom. The SMILES string of the molecule is CC1(CN)CCN(Cc2nc(-c3ccsc3)no2)C1.Cl. The zero-order valence-corrected chi connectivity index (χ0v) is 13.0. The molecule has 20 heavy (non-hydrogen) atoms. The highest BCUT2D eigenvalue weighted by Crippen LogP contribution is 2.29. The third kappa shape index (κ3) is 3.20. The van der Waals surface area contributed by atoms with Crippen molar-refractivity contribution in [3.05, 3.63) is 22.7 Å². The second-order valence-corrected chi connectivity index (χ2v) is 6.28. The van der Waals surface area contributed by atoms with Crippen molar-refractivity contribution in [3.8, 4) is 11.4 Å². The average molecular weight is 315 g/mol. The molecule has 2 aromatic rings. The van der Waals surface area contributed by atoms with Gasteiger partial charge in [-0.1, -0.05) is 12.1 Å². The van der Waals surface area contributed by atoms with E-state index in [1.54, 1.807) is 11.3 Å². The number of halogens is 1. The van der Waals surface area contributed by atoms with Crippen molar-refractivity contribution < 1.29 is 4.52 Å². The number of nitrogens with two attached hydrogens (primary N) is 1. The van der Waals surface area contributed by atoms with Crippen molar-refractivity contribution in [1.82, 2.24) is 15.0 Å². The third-order valence-corrected chi connectivity index (χ3v) is 4.42. The number of nitrogens with zero attached hydrogens (tertiary/aromatic N) is 3. The molecule has 5 nitrogen and oxygen atoms in total. The summed E-state index contributed by atoms with van der Waals surface area (Å²) in [5.41, 5.74) is 7.07. The molecule has 0 amide bonds. The molecular weight excluding hydrogens is 296 g/mol. The van der Waals surface area contributed by atoms with Gasteiger partial charge in [0, 0.05) is 17.5 Å². The highest BCUT2D eigenvalue weighted by Gasteiger charge is 2.33. The molecule has 0 aliphatic carbocycles. The molecule has 1 unspecified atom stereocenters. The monoisotopic (exact) mass is 314 g/mol. The molecule has 0 radical (unpaired) electrons. The van der Waals surface area contributed by atoms with E-state index in [2.05, 4.69) is 22.0 Å². The van der Waals surface area contributed by atoms with Crippen LogP contribution in [0.15, 0.2) is 21.3 Å². The highest BCUT2D eigenvalue weighted by molar-refractivity contribution is 7.08. The van der Waals surface area contributed by atoms with E-state index in [4.69, 9.17) is 10.3 Å². The van der Waals surface area contributed by atoms with E-state index in [0.29, 0.717) is 18.3 Å². The molecule has 1 aliphatic rings. The quantitative estimate of drug-likeness (QED) is 0.938. The molecule has 0 aromatic carbocycles. The standard InChI is InChI=1S/C13H18N4OS.ClH/c1-13(8-14)3-4-17(9-13)6-11-15-12(16-18-11)10-2-5-19-7-10;/h2,5,7H,3-4,6,8-9,14H2,1H3;1H. The molecule has 0 spiro atoms. The van der Waals surface area contributed by atoms with E-state index in [1.807, 2.05) is 16.8 Å². The number of thiophene rings is 1. The number of hydrogen-bond acceptors (Lipinski definition) is 6. The van der Waals surface area contributed by atoms with E-state index >= 15 is 0 Å². The molecule has 3 rings (SSSR count). The van der Waals surface area contributed by atoms with Gasteiger partial charge in [0.2, 0.25) is 11.7 Å². The lowest BCUT2D eigenvalue weighted by Gasteiger charge is -2.21. The van der Waals surface area contributed by atoms with Crippen LogP contribution in [0.2, 0.25) is 0 Å². The Morgan fingerprint density at radius 3 is 3.05 bits per heavy atom. The minimum atomic E-state index is 0. The first kappa shape index (κ1) is 15.4. The van der Waals surface area contributed by atoms with Gasteiger partial charge in [-0.25, -0.2) is 0 Å². The van der Waals surface area contributed by atoms with Gasteiger partial charge in [0.1, 0.15) is 0 Å². The van der Waals surface area contributed by atoms with Crippen LogP contribution >= 0.6 is 23.7 Å². The minimum Gasteiger partial charge on any atom is -0.338 e. The lowest BCUT2D eigenvalue weighted by atomic mass is 9.90. The predicted molar refractivity (Wildman–Crippen MR) is 81.9 cm³/mol. The largest absolute Gasteiger partial charge is 0.338 e. The first-order chi connectivity index (χ1) is 9.18. The van der Waals surface area contributed by atoms with Crippen LogP contribution in [0.1, 0.15) is 19.2 Å². The van der Waals surface area contributed by atoms with Crippen LogP contribution in [0, 0.1) is 5.41 Å². The summed E-state index contributed by atoms with van der Waals surface area (Å²) in [6.07, 6.45) is 1.13. The van der Waals surface area contributed by atoms with Gasteiger partial charge in [0.25, 0.3) is 0 Å². The summed E-state index contributed by atoms with van der Waals surface area (Å²) in [5, 5.41) is 8.06. The lowest BCUT2D eigenvalue weighted by molar-refractivity contribution is 0.239. The maximum absolute atomic E-state index is 5.82. The van der Waals surface area contributed by atoms with Crippen LogP contribution in [0.3, 0.4) is 0 Å². The normalized spacial score (nSPS) is 22.9. The molecule has 110 valence electrons. The van der Waals surface area contributed by atoms with Crippen molar-refractivity contribution in [2.24, 2.45) is 11.1 Å². The predicted octanol–water partition coefficient (Wildman–Crippen LogP) is 2.39. The molecule has 2 N–H and O–H groups in total. The van der Waals surface area contributed by atoms with Crippen molar-refractivity contribution in [3.63, 3.8) is 0 Å². The van der Waals surface area contributed by atoms with Crippen LogP contribution in [0.5, 0.6) is 0 Å². The summed E-state index contributed by atoms with van der Waals surface area (Å²) in [6, 6.07) is 2.00. The number of aromatic nitrogens is 2. The fourth-order valence-electron chi connectivity index (χ4n) is 2.45. The van der Waals surface area contributed by atoms with Crippen molar-refractivity contribution in [2.45, 2.75) is 19.9 Å². The lowest BCUT2D eigenvalue weighted by Crippen LogP contribution is -2.31. The molecule has 1 saturated heterocycles. The molecule has 0 saturated carbocycles. The van der Waals surface area contributed by atoms with Gasteiger partial charge in [-0.3, -0.25) is 4.90 Å². The summed E-state index contributed by atoms with van der Waals surface area (Å²) in [7, 11) is 0. The highest BCUT2D eigenvalue weighted by atomic mass is 35.5. The zero-order chi connectivity index (χ0) is 13.3. The number of likely N-dealkylation sites (tertiary alicyclic amines) is 1. The first-order valence-corrected chi connectivity index (χ1v) is 7.40. The van der Waals surface area contributed by atoms with E-state index < -0.39 is 0 Å². The second kappa shape index (κ2) is 6.22. The summed E-state index contributed by atoms with van der Waals surface area (Å²) in [6.45, 7) is 5.72. The molecule has 0 bridgehead atoms. The molecule has 3 heterocycles. The summed E-state index contributed by atoms with van der Waals surface area (Å²) in [5.74, 6) is 1.36. The Hall–Kier alpha value is -0.950. The van der Waals surface area contributed by atoms with Crippen molar-refractivity contribution in [1.29, 1.82) is 0 Å². The van der Waals surface area contributed by atoms with Gasteiger partial charge in [0.05, 0.1) is 6.54 Å². The van der Waals surface area contributed by atoms with Crippen LogP contribution in [-0.4, -0.2) is 34.7 Å². The van der Waals surface area contributed by atoms with Crippen LogP contribution in [0.4, 0.5) is 0 Å². The topological polar surface area (TPSA) is 68.2 Å². The Labute approximate surface area is 128 Å². The van der Waals surface area contributed by atoms with Gasteiger partial charge >= 0.3 is 0 Å². The van der Waals surface area contributed by atoms with E-state index in [9.17, 15) is 0 Å². The fraction of sp³-hybridized carbons (Fsp3) is 0.538. The molecule has 1 atom stereocenters. The first-order valence-electron chi connectivity index (χ1n) is 6.46. The van der Waals surface area contributed by atoms with Crippen LogP contribution < -0.4 is 5.73 Å². The van der Waals surface area contributed by atoms with E-state index in [0.717, 1.165) is 31.6 Å². The summed E-state index contributed by atoms with van der Waals surface area (Å²) < 4.78 is 5.32. The number of hydrogen-bond donors (Lipinski definition) is 1. The Morgan fingerprint density at radius 2 is 2.40 bits per heavy atom. The van der Waals surface area contributed by atoms with Gasteiger partial charge in [-0.15, -0.1) is 12.4 Å². The summed E-state index contributed by atoms with van der Waals surface area (Å²) in [4.78, 5) is 6.78. The Kier molecular flexibility index (Phi) is 4.80. The Bertz CT molecular complexity index is 544. The van der Waals surface area contributed by atoms with Gasteiger partial charge in [0.15, 0.2) is 0 Å². The van der Waals surface area contributed by atoms with E-state index in [-0.39, 0.29) is 17.8 Å². The van der Waals surface area contributed by atoms with Crippen LogP contribution in [-0.2, 0) is 6.54 Å². The van der Waals surface area contributed by atoms with Gasteiger partial charge < -0.3 is 10.3 Å². The van der Waals surface area contributed by atoms with E-state index in [1.165, 1.54) is 0 Å². The molecule has 7 heteroatoms. The summed E-state index contributed by atoms with van der Waals surface area (Å²) >= 11 is 1.63. The van der Waals surface area contributed by atoms with Crippen LogP contribution in [0.25, 0.3) is 11.4 Å². The smallest absolute Gasteiger partial charge is 0.241 e. The molecule has 1 aliphatic heterocycles. The molecule has 2 aromatic heterocycles. The molecule has 1 fully saturated rings. The number of rotatable bonds is 4. The maximum atomic E-state index is 5.82.